The summed E-state index contributed by atoms with van der Waals surface area (Å²) in [5, 5.41) is 1.19. The van der Waals surface area contributed by atoms with Crippen molar-refractivity contribution in [2.75, 3.05) is 27.3 Å². The number of fused-ring (bicyclic) bond motifs is 1. The lowest BCUT2D eigenvalue weighted by Gasteiger charge is -2.30. The molecule has 0 saturated carbocycles. The Balaban J connectivity index is 1.40. The maximum Gasteiger partial charge on any atom is 0.246 e. The van der Waals surface area contributed by atoms with Gasteiger partial charge in [0.25, 0.3) is 0 Å². The third kappa shape index (κ3) is 4.12. The number of methoxy groups -OCH3 is 2. The van der Waals surface area contributed by atoms with Gasteiger partial charge in [-0.1, -0.05) is 24.3 Å². The molecule has 0 radical (unpaired) electrons. The van der Waals surface area contributed by atoms with Crippen LogP contribution in [0.5, 0.6) is 11.5 Å². The lowest BCUT2D eigenvalue weighted by Crippen LogP contribution is -2.36. The van der Waals surface area contributed by atoms with E-state index in [0.717, 1.165) is 37.0 Å². The van der Waals surface area contributed by atoms with Gasteiger partial charge in [-0.25, -0.2) is 4.98 Å². The van der Waals surface area contributed by atoms with Gasteiger partial charge in [0, 0.05) is 30.6 Å². The Morgan fingerprint density at radius 1 is 1.10 bits per heavy atom. The van der Waals surface area contributed by atoms with Crippen LogP contribution in [-0.2, 0) is 4.79 Å². The van der Waals surface area contributed by atoms with Crippen molar-refractivity contribution in [2.24, 2.45) is 0 Å². The Labute approximate surface area is 174 Å². The molecule has 1 saturated heterocycles. The van der Waals surface area contributed by atoms with Gasteiger partial charge in [-0.15, -0.1) is 11.3 Å². The molecule has 1 fully saturated rings. The molecule has 0 unspecified atom stereocenters. The van der Waals surface area contributed by atoms with Crippen molar-refractivity contribution in [3.8, 4) is 11.5 Å². The van der Waals surface area contributed by atoms with E-state index in [4.69, 9.17) is 14.5 Å². The molecule has 0 bridgehead atoms. The smallest absolute Gasteiger partial charge is 0.246 e. The summed E-state index contributed by atoms with van der Waals surface area (Å²) in [7, 11) is 3.20. The summed E-state index contributed by atoms with van der Waals surface area (Å²) in [6.07, 6.45) is 5.31. The monoisotopic (exact) mass is 408 g/mol. The lowest BCUT2D eigenvalue weighted by atomic mass is 9.97. The molecule has 5 nitrogen and oxygen atoms in total. The van der Waals surface area contributed by atoms with Crippen molar-refractivity contribution in [3.05, 3.63) is 59.1 Å². The van der Waals surface area contributed by atoms with Crippen molar-refractivity contribution in [1.82, 2.24) is 9.88 Å². The first-order chi connectivity index (χ1) is 14.2. The number of thiazole rings is 1. The van der Waals surface area contributed by atoms with E-state index in [-0.39, 0.29) is 5.91 Å². The van der Waals surface area contributed by atoms with Crippen LogP contribution >= 0.6 is 11.3 Å². The Morgan fingerprint density at radius 2 is 1.90 bits per heavy atom. The molecular weight excluding hydrogens is 384 g/mol. The zero-order valence-electron chi connectivity index (χ0n) is 16.6. The zero-order chi connectivity index (χ0) is 20.2. The van der Waals surface area contributed by atoms with Crippen LogP contribution < -0.4 is 9.47 Å². The molecular formula is C23H24N2O3S. The van der Waals surface area contributed by atoms with Crippen molar-refractivity contribution in [3.63, 3.8) is 0 Å². The van der Waals surface area contributed by atoms with Crippen LogP contribution in [0, 0.1) is 0 Å². The molecule has 1 aromatic heterocycles. The SMILES string of the molecule is COc1cccc(/C=C/C(=O)N2CCC(c3nc4ccccc4s3)CC2)c1OC. The quantitative estimate of drug-likeness (QED) is 0.573. The minimum Gasteiger partial charge on any atom is -0.493 e. The average Bonchev–Trinajstić information content (AvgIpc) is 3.21. The molecule has 1 amide bonds. The third-order valence-corrected chi connectivity index (χ3v) is 6.50. The second-order valence-electron chi connectivity index (χ2n) is 7.04. The van der Waals surface area contributed by atoms with Gasteiger partial charge < -0.3 is 14.4 Å². The van der Waals surface area contributed by atoms with E-state index in [9.17, 15) is 4.79 Å². The van der Waals surface area contributed by atoms with Crippen LogP contribution in [0.15, 0.2) is 48.5 Å². The van der Waals surface area contributed by atoms with Crippen LogP contribution in [0.1, 0.15) is 29.3 Å². The number of nitrogens with zero attached hydrogens (tertiary/aromatic N) is 2. The normalized spacial score (nSPS) is 15.2. The van der Waals surface area contributed by atoms with E-state index in [1.165, 1.54) is 9.71 Å². The number of piperidine rings is 1. The maximum absolute atomic E-state index is 12.7. The number of para-hydroxylation sites is 2. The van der Waals surface area contributed by atoms with Gasteiger partial charge in [-0.3, -0.25) is 4.79 Å². The van der Waals surface area contributed by atoms with E-state index >= 15 is 0 Å². The molecule has 4 rings (SSSR count). The third-order valence-electron chi connectivity index (χ3n) is 5.31. The number of ether oxygens (including phenoxy) is 2. The fourth-order valence-corrected chi connectivity index (χ4v) is 4.86. The highest BCUT2D eigenvalue weighted by atomic mass is 32.1. The van der Waals surface area contributed by atoms with Crippen molar-refractivity contribution in [1.29, 1.82) is 0 Å². The van der Waals surface area contributed by atoms with E-state index in [0.29, 0.717) is 17.4 Å². The first-order valence-electron chi connectivity index (χ1n) is 9.73. The maximum atomic E-state index is 12.7. The minimum absolute atomic E-state index is 0.0256. The number of benzene rings is 2. The highest BCUT2D eigenvalue weighted by Crippen LogP contribution is 2.34. The van der Waals surface area contributed by atoms with Crippen molar-refractivity contribution in [2.45, 2.75) is 18.8 Å². The van der Waals surface area contributed by atoms with Crippen LogP contribution in [0.2, 0.25) is 0 Å². The van der Waals surface area contributed by atoms with Gasteiger partial charge in [0.1, 0.15) is 0 Å². The zero-order valence-corrected chi connectivity index (χ0v) is 17.4. The van der Waals surface area contributed by atoms with Gasteiger partial charge in [0.05, 0.1) is 29.4 Å². The number of aromatic nitrogens is 1. The summed E-state index contributed by atoms with van der Waals surface area (Å²) in [6, 6.07) is 13.9. The van der Waals surface area contributed by atoms with Gasteiger partial charge in [-0.05, 0) is 37.1 Å². The van der Waals surface area contributed by atoms with Crippen molar-refractivity contribution >= 4 is 33.5 Å². The number of hydrogen-bond donors (Lipinski definition) is 0. The Hall–Kier alpha value is -2.86. The summed E-state index contributed by atoms with van der Waals surface area (Å²) in [5.41, 5.74) is 1.89. The van der Waals surface area contributed by atoms with Crippen LogP contribution in [0.3, 0.4) is 0 Å². The van der Waals surface area contributed by atoms with E-state index in [1.54, 1.807) is 37.7 Å². The topological polar surface area (TPSA) is 51.7 Å². The molecule has 0 aliphatic carbocycles. The van der Waals surface area contributed by atoms with Gasteiger partial charge in [0.15, 0.2) is 11.5 Å². The average molecular weight is 409 g/mol. The second-order valence-corrected chi connectivity index (χ2v) is 8.10. The van der Waals surface area contributed by atoms with Crippen LogP contribution in [0.25, 0.3) is 16.3 Å². The molecule has 1 aliphatic rings. The lowest BCUT2D eigenvalue weighted by molar-refractivity contribution is -0.126. The Bertz CT molecular complexity index is 1000. The second kappa shape index (κ2) is 8.66. The van der Waals surface area contributed by atoms with Gasteiger partial charge in [0.2, 0.25) is 5.91 Å². The predicted molar refractivity (Wildman–Crippen MR) is 117 cm³/mol. The van der Waals surface area contributed by atoms with Gasteiger partial charge >= 0.3 is 0 Å². The van der Waals surface area contributed by atoms with Crippen LogP contribution in [0.4, 0.5) is 0 Å². The minimum atomic E-state index is 0.0256. The number of carbonyl (C=O) groups excluding carboxylic acids is 1. The molecule has 1 aliphatic heterocycles. The summed E-state index contributed by atoms with van der Waals surface area (Å²) >= 11 is 1.77. The molecule has 29 heavy (non-hydrogen) atoms. The molecule has 0 spiro atoms. The van der Waals surface area contributed by atoms with E-state index in [1.807, 2.05) is 29.2 Å². The number of hydrogen-bond acceptors (Lipinski definition) is 5. The number of likely N-dealkylation sites (tertiary alicyclic amines) is 1. The van der Waals surface area contributed by atoms with E-state index in [2.05, 4.69) is 18.2 Å². The largest absolute Gasteiger partial charge is 0.493 e. The molecule has 6 heteroatoms. The fraction of sp³-hybridized carbons (Fsp3) is 0.304. The van der Waals surface area contributed by atoms with E-state index < -0.39 is 0 Å². The highest BCUT2D eigenvalue weighted by molar-refractivity contribution is 7.18. The Morgan fingerprint density at radius 3 is 2.62 bits per heavy atom. The first-order valence-corrected chi connectivity index (χ1v) is 10.5. The fourth-order valence-electron chi connectivity index (χ4n) is 3.72. The van der Waals surface area contributed by atoms with Gasteiger partial charge in [-0.2, -0.15) is 0 Å². The summed E-state index contributed by atoms with van der Waals surface area (Å²) in [5.74, 6) is 1.74. The molecule has 3 aromatic rings. The molecule has 0 N–H and O–H groups in total. The predicted octanol–water partition coefficient (Wildman–Crippen LogP) is 4.73. The molecule has 150 valence electrons. The molecule has 2 aromatic carbocycles. The number of amides is 1. The highest BCUT2D eigenvalue weighted by Gasteiger charge is 2.25. The van der Waals surface area contributed by atoms with Crippen LogP contribution in [-0.4, -0.2) is 43.1 Å². The number of carbonyl (C=O) groups is 1. The standard InChI is InChI=1S/C23H24N2O3S/c1-27-19-8-5-6-16(22(19)28-2)10-11-21(26)25-14-12-17(13-15-25)23-24-18-7-3-4-9-20(18)29-23/h3-11,17H,12-15H2,1-2H3/b11-10+. The molecule has 0 atom stereocenters. The number of rotatable bonds is 5. The van der Waals surface area contributed by atoms with Crippen molar-refractivity contribution < 1.29 is 14.3 Å². The molecule has 2 heterocycles. The Kier molecular flexibility index (Phi) is 5.81. The summed E-state index contributed by atoms with van der Waals surface area (Å²) in [4.78, 5) is 19.4. The summed E-state index contributed by atoms with van der Waals surface area (Å²) < 4.78 is 12.0. The summed E-state index contributed by atoms with van der Waals surface area (Å²) in [6.45, 7) is 1.50. The first kappa shape index (κ1) is 19.5.